The molecule has 1 atom stereocenters. The van der Waals surface area contributed by atoms with E-state index in [1.165, 1.54) is 11.3 Å². The number of rotatable bonds is 8. The highest BCUT2D eigenvalue weighted by Crippen LogP contribution is 2.29. The van der Waals surface area contributed by atoms with Gasteiger partial charge in [0.15, 0.2) is 0 Å². The molecule has 0 saturated carbocycles. The van der Waals surface area contributed by atoms with E-state index in [1.807, 2.05) is 0 Å². The van der Waals surface area contributed by atoms with E-state index in [2.05, 4.69) is 65.1 Å². The number of hydrogen-bond donors (Lipinski definition) is 2. The highest BCUT2D eigenvalue weighted by Gasteiger charge is 2.15. The summed E-state index contributed by atoms with van der Waals surface area (Å²) in [6, 6.07) is 6.68. The van der Waals surface area contributed by atoms with Gasteiger partial charge in [-0.3, -0.25) is 0 Å². The molecule has 0 saturated heterocycles. The Bertz CT molecular complexity index is 378. The average molecular weight is 329 g/mol. The molecule has 1 aromatic carbocycles. The minimum Gasteiger partial charge on any atom is -0.395 e. The highest BCUT2D eigenvalue weighted by atomic mass is 79.9. The van der Waals surface area contributed by atoms with Gasteiger partial charge in [0.2, 0.25) is 0 Å². The van der Waals surface area contributed by atoms with Crippen molar-refractivity contribution in [2.75, 3.05) is 31.1 Å². The lowest BCUT2D eigenvalue weighted by Crippen LogP contribution is -2.30. The lowest BCUT2D eigenvalue weighted by molar-refractivity contribution is 0.301. The minimum absolute atomic E-state index is 0.186. The van der Waals surface area contributed by atoms with Crippen LogP contribution in [0.3, 0.4) is 0 Å². The SMILES string of the molecule is CCCN(CCO)c1ccc(Br)cc1C(C)NCC. The summed E-state index contributed by atoms with van der Waals surface area (Å²) in [5, 5.41) is 12.7. The number of halogens is 1. The van der Waals surface area contributed by atoms with E-state index < -0.39 is 0 Å². The molecule has 2 N–H and O–H groups in total. The Morgan fingerprint density at radius 3 is 2.63 bits per heavy atom. The first-order chi connectivity index (χ1) is 9.13. The maximum Gasteiger partial charge on any atom is 0.0606 e. The Hall–Kier alpha value is -0.580. The van der Waals surface area contributed by atoms with E-state index >= 15 is 0 Å². The average Bonchev–Trinajstić information content (AvgIpc) is 2.39. The third-order valence-electron chi connectivity index (χ3n) is 3.17. The fourth-order valence-corrected chi connectivity index (χ4v) is 2.70. The molecule has 108 valence electrons. The zero-order chi connectivity index (χ0) is 14.3. The van der Waals surface area contributed by atoms with Gasteiger partial charge in [-0.1, -0.05) is 29.8 Å². The predicted molar refractivity (Wildman–Crippen MR) is 85.8 cm³/mol. The molecule has 0 amide bonds. The van der Waals surface area contributed by atoms with Crippen molar-refractivity contribution in [2.45, 2.75) is 33.2 Å². The second kappa shape index (κ2) is 8.56. The first-order valence-electron chi connectivity index (χ1n) is 7.02. The zero-order valence-corrected chi connectivity index (χ0v) is 13.7. The summed E-state index contributed by atoms with van der Waals surface area (Å²) in [6.07, 6.45) is 1.07. The Morgan fingerprint density at radius 2 is 2.05 bits per heavy atom. The second-order valence-corrected chi connectivity index (χ2v) is 5.61. The van der Waals surface area contributed by atoms with Gasteiger partial charge in [0.25, 0.3) is 0 Å². The molecule has 0 aliphatic heterocycles. The molecule has 0 aromatic heterocycles. The topological polar surface area (TPSA) is 35.5 Å². The van der Waals surface area contributed by atoms with Crippen molar-refractivity contribution in [3.63, 3.8) is 0 Å². The smallest absolute Gasteiger partial charge is 0.0606 e. The molecule has 0 aliphatic carbocycles. The Morgan fingerprint density at radius 1 is 1.32 bits per heavy atom. The van der Waals surface area contributed by atoms with Gasteiger partial charge in [-0.2, -0.15) is 0 Å². The van der Waals surface area contributed by atoms with Crippen molar-refractivity contribution < 1.29 is 5.11 Å². The third kappa shape index (κ3) is 4.79. The largest absolute Gasteiger partial charge is 0.395 e. The summed E-state index contributed by atoms with van der Waals surface area (Å²) in [5.41, 5.74) is 2.49. The number of nitrogens with zero attached hydrogens (tertiary/aromatic N) is 1. The molecule has 4 heteroatoms. The maximum atomic E-state index is 9.25. The normalized spacial score (nSPS) is 12.5. The van der Waals surface area contributed by atoms with Crippen LogP contribution in [-0.2, 0) is 0 Å². The van der Waals surface area contributed by atoms with Crippen LogP contribution in [0.25, 0.3) is 0 Å². The van der Waals surface area contributed by atoms with Crippen molar-refractivity contribution >= 4 is 21.6 Å². The lowest BCUT2D eigenvalue weighted by atomic mass is 10.0. The molecule has 3 nitrogen and oxygen atoms in total. The molecule has 0 heterocycles. The summed E-state index contributed by atoms with van der Waals surface area (Å²) >= 11 is 3.55. The number of anilines is 1. The Balaban J connectivity index is 3.08. The molecule has 1 unspecified atom stereocenters. The van der Waals surface area contributed by atoms with E-state index in [0.29, 0.717) is 12.6 Å². The number of aliphatic hydroxyl groups excluding tert-OH is 1. The molecule has 1 rings (SSSR count). The van der Waals surface area contributed by atoms with Gasteiger partial charge in [-0.25, -0.2) is 0 Å². The van der Waals surface area contributed by atoms with Gasteiger partial charge in [-0.05, 0) is 43.7 Å². The first-order valence-corrected chi connectivity index (χ1v) is 7.81. The van der Waals surface area contributed by atoms with E-state index in [9.17, 15) is 5.11 Å². The van der Waals surface area contributed by atoms with Gasteiger partial charge in [0, 0.05) is 29.3 Å². The van der Waals surface area contributed by atoms with E-state index in [1.54, 1.807) is 0 Å². The summed E-state index contributed by atoms with van der Waals surface area (Å²) in [5.74, 6) is 0. The van der Waals surface area contributed by atoms with Crippen LogP contribution in [0.4, 0.5) is 5.69 Å². The molecule has 0 radical (unpaired) electrons. The highest BCUT2D eigenvalue weighted by molar-refractivity contribution is 9.10. The van der Waals surface area contributed by atoms with Gasteiger partial charge in [0.05, 0.1) is 6.61 Å². The van der Waals surface area contributed by atoms with Crippen LogP contribution in [0.2, 0.25) is 0 Å². The van der Waals surface area contributed by atoms with Crippen LogP contribution in [0.15, 0.2) is 22.7 Å². The van der Waals surface area contributed by atoms with Crippen LogP contribution < -0.4 is 10.2 Å². The van der Waals surface area contributed by atoms with Crippen molar-refractivity contribution in [2.24, 2.45) is 0 Å². The van der Waals surface area contributed by atoms with Crippen LogP contribution in [-0.4, -0.2) is 31.3 Å². The maximum absolute atomic E-state index is 9.25. The van der Waals surface area contributed by atoms with Crippen molar-refractivity contribution in [3.8, 4) is 0 Å². The molecule has 1 aromatic rings. The number of benzene rings is 1. The molecule has 0 fully saturated rings. The number of aliphatic hydroxyl groups is 1. The molecule has 0 spiro atoms. The van der Waals surface area contributed by atoms with Crippen molar-refractivity contribution in [1.82, 2.24) is 5.32 Å². The quantitative estimate of drug-likeness (QED) is 0.768. The fourth-order valence-electron chi connectivity index (χ4n) is 2.32. The van der Waals surface area contributed by atoms with Gasteiger partial charge in [-0.15, -0.1) is 0 Å². The molecule has 19 heavy (non-hydrogen) atoms. The molecule has 0 aliphatic rings. The van der Waals surface area contributed by atoms with Crippen molar-refractivity contribution in [1.29, 1.82) is 0 Å². The third-order valence-corrected chi connectivity index (χ3v) is 3.66. The van der Waals surface area contributed by atoms with Gasteiger partial charge in [0.1, 0.15) is 0 Å². The second-order valence-electron chi connectivity index (χ2n) is 4.69. The molecular weight excluding hydrogens is 304 g/mol. The van der Waals surface area contributed by atoms with Gasteiger partial charge < -0.3 is 15.3 Å². The summed E-state index contributed by atoms with van der Waals surface area (Å²) < 4.78 is 1.09. The number of hydrogen-bond acceptors (Lipinski definition) is 3. The zero-order valence-electron chi connectivity index (χ0n) is 12.1. The number of nitrogens with one attached hydrogen (secondary N) is 1. The predicted octanol–water partition coefficient (Wildman–Crippen LogP) is 3.33. The Labute approximate surface area is 125 Å². The van der Waals surface area contributed by atoms with Crippen LogP contribution in [0.1, 0.15) is 38.8 Å². The lowest BCUT2D eigenvalue weighted by Gasteiger charge is -2.28. The van der Waals surface area contributed by atoms with Crippen LogP contribution in [0, 0.1) is 0 Å². The summed E-state index contributed by atoms with van der Waals surface area (Å²) in [4.78, 5) is 2.26. The van der Waals surface area contributed by atoms with Crippen molar-refractivity contribution in [3.05, 3.63) is 28.2 Å². The van der Waals surface area contributed by atoms with E-state index in [-0.39, 0.29) is 6.61 Å². The standard InChI is InChI=1S/C15H25BrN2O/c1-4-8-18(9-10-19)15-7-6-13(16)11-14(15)12(3)17-5-2/h6-7,11-12,17,19H,4-5,8-10H2,1-3H3. The molecule has 0 bridgehead atoms. The van der Waals surface area contributed by atoms with Crippen LogP contribution >= 0.6 is 15.9 Å². The van der Waals surface area contributed by atoms with Crippen LogP contribution in [0.5, 0.6) is 0 Å². The summed E-state index contributed by atoms with van der Waals surface area (Å²) in [7, 11) is 0. The van der Waals surface area contributed by atoms with E-state index in [4.69, 9.17) is 0 Å². The fraction of sp³-hybridized carbons (Fsp3) is 0.600. The first kappa shape index (κ1) is 16.5. The molecular formula is C15H25BrN2O. The Kier molecular flexibility index (Phi) is 7.42. The van der Waals surface area contributed by atoms with E-state index in [0.717, 1.165) is 24.0 Å². The minimum atomic E-state index is 0.186. The summed E-state index contributed by atoms with van der Waals surface area (Å²) in [6.45, 7) is 9.24. The monoisotopic (exact) mass is 328 g/mol. The van der Waals surface area contributed by atoms with Gasteiger partial charge >= 0.3 is 0 Å².